The van der Waals surface area contributed by atoms with Gasteiger partial charge in [-0.25, -0.2) is 0 Å². The van der Waals surface area contributed by atoms with Crippen LogP contribution in [0.15, 0.2) is 36.4 Å². The maximum atomic E-state index is 12.5. The lowest BCUT2D eigenvalue weighted by Crippen LogP contribution is -2.37. The van der Waals surface area contributed by atoms with Crippen molar-refractivity contribution in [1.82, 2.24) is 5.32 Å². The van der Waals surface area contributed by atoms with Crippen molar-refractivity contribution in [2.45, 2.75) is 26.2 Å². The van der Waals surface area contributed by atoms with Crippen LogP contribution < -0.4 is 20.5 Å². The first-order valence-electron chi connectivity index (χ1n) is 8.41. The van der Waals surface area contributed by atoms with Crippen molar-refractivity contribution < 1.29 is 14.3 Å². The van der Waals surface area contributed by atoms with Gasteiger partial charge < -0.3 is 20.5 Å². The molecule has 2 aromatic carbocycles. The molecule has 6 heteroatoms. The third-order valence-electron chi connectivity index (χ3n) is 4.52. The van der Waals surface area contributed by atoms with Crippen LogP contribution in [0.25, 0.3) is 0 Å². The van der Waals surface area contributed by atoms with Gasteiger partial charge in [0, 0.05) is 23.2 Å². The van der Waals surface area contributed by atoms with Crippen molar-refractivity contribution in [2.75, 3.05) is 25.5 Å². The van der Waals surface area contributed by atoms with E-state index < -0.39 is 0 Å². The first-order chi connectivity index (χ1) is 11.9. The molecule has 0 unspecified atom stereocenters. The van der Waals surface area contributed by atoms with E-state index in [0.29, 0.717) is 31.0 Å². The molecular weight excluding hydrogens is 352 g/mol. The molecule has 3 N–H and O–H groups in total. The van der Waals surface area contributed by atoms with Gasteiger partial charge in [0.25, 0.3) is 5.91 Å². The second kappa shape index (κ2) is 7.87. The van der Waals surface area contributed by atoms with Crippen LogP contribution in [0.2, 0.25) is 0 Å². The van der Waals surface area contributed by atoms with Crippen LogP contribution >= 0.6 is 12.4 Å². The van der Waals surface area contributed by atoms with Crippen molar-refractivity contribution >= 4 is 24.0 Å². The number of anilines is 1. The summed E-state index contributed by atoms with van der Waals surface area (Å²) in [6.45, 7) is 7.71. The molecule has 0 aromatic heterocycles. The Balaban J connectivity index is 0.00000243. The van der Waals surface area contributed by atoms with Crippen LogP contribution in [0.1, 0.15) is 35.3 Å². The smallest absolute Gasteiger partial charge is 0.251 e. The normalized spacial score (nSPS) is 12.9. The van der Waals surface area contributed by atoms with Gasteiger partial charge in [0.15, 0.2) is 11.5 Å². The third kappa shape index (κ3) is 4.22. The summed E-state index contributed by atoms with van der Waals surface area (Å²) in [4.78, 5) is 12.5. The number of amides is 1. The predicted octanol–water partition coefficient (Wildman–Crippen LogP) is 3.48. The highest BCUT2D eigenvalue weighted by atomic mass is 35.5. The van der Waals surface area contributed by atoms with Gasteiger partial charge in [-0.15, -0.1) is 12.4 Å². The number of nitrogen functional groups attached to an aromatic ring is 1. The van der Waals surface area contributed by atoms with Crippen LogP contribution in [-0.4, -0.2) is 25.7 Å². The van der Waals surface area contributed by atoms with Crippen molar-refractivity contribution in [1.29, 1.82) is 0 Å². The van der Waals surface area contributed by atoms with E-state index in [1.807, 2.05) is 31.2 Å². The second-order valence-electron chi connectivity index (χ2n) is 7.00. The molecule has 0 spiro atoms. The molecule has 1 amide bonds. The van der Waals surface area contributed by atoms with Crippen molar-refractivity contribution in [3.63, 3.8) is 0 Å². The number of carbonyl (C=O) groups is 1. The lowest BCUT2D eigenvalue weighted by Gasteiger charge is -2.28. The molecule has 0 saturated heterocycles. The summed E-state index contributed by atoms with van der Waals surface area (Å²) >= 11 is 0. The highest BCUT2D eigenvalue weighted by Gasteiger charge is 2.24. The quantitative estimate of drug-likeness (QED) is 0.801. The zero-order chi connectivity index (χ0) is 18.0. The number of benzene rings is 2. The molecule has 0 bridgehead atoms. The second-order valence-corrected chi connectivity index (χ2v) is 7.00. The third-order valence-corrected chi connectivity index (χ3v) is 4.52. The molecule has 1 aliphatic rings. The Hall–Kier alpha value is -2.40. The van der Waals surface area contributed by atoms with E-state index in [-0.39, 0.29) is 23.7 Å². The van der Waals surface area contributed by atoms with Gasteiger partial charge in [0.1, 0.15) is 13.2 Å². The number of fused-ring (bicyclic) bond motifs is 1. The minimum absolute atomic E-state index is 0. The number of halogens is 1. The molecular formula is C20H25ClN2O3. The Labute approximate surface area is 160 Å². The number of hydrogen-bond donors (Lipinski definition) is 2. The first-order valence-corrected chi connectivity index (χ1v) is 8.41. The summed E-state index contributed by atoms with van der Waals surface area (Å²) in [6, 6.07) is 11.3. The van der Waals surface area contributed by atoms with Gasteiger partial charge in [-0.05, 0) is 42.3 Å². The van der Waals surface area contributed by atoms with E-state index in [9.17, 15) is 4.79 Å². The molecule has 2 aromatic rings. The fourth-order valence-corrected chi connectivity index (χ4v) is 2.85. The lowest BCUT2D eigenvalue weighted by molar-refractivity contribution is 0.0945. The van der Waals surface area contributed by atoms with Crippen molar-refractivity contribution in [3.05, 3.63) is 53.1 Å². The Morgan fingerprint density at radius 2 is 1.81 bits per heavy atom. The van der Waals surface area contributed by atoms with Gasteiger partial charge in [-0.2, -0.15) is 0 Å². The number of hydrogen-bond acceptors (Lipinski definition) is 4. The minimum atomic E-state index is -0.250. The van der Waals surface area contributed by atoms with Crippen molar-refractivity contribution in [3.8, 4) is 11.5 Å². The molecule has 140 valence electrons. The standard InChI is InChI=1S/C20H24N2O3.ClH/c1-13-4-6-15(21)11-16(13)19(23)22-12-20(2,3)14-5-7-17-18(10-14)25-9-8-24-17;/h4-7,10-11H,8-9,12,21H2,1-3H3,(H,22,23);1H. The van der Waals surface area contributed by atoms with E-state index in [2.05, 4.69) is 19.2 Å². The highest BCUT2D eigenvalue weighted by molar-refractivity contribution is 5.96. The summed E-state index contributed by atoms with van der Waals surface area (Å²) in [5, 5.41) is 3.02. The zero-order valence-electron chi connectivity index (χ0n) is 15.3. The van der Waals surface area contributed by atoms with Crippen LogP contribution in [0.3, 0.4) is 0 Å². The molecule has 3 rings (SSSR count). The monoisotopic (exact) mass is 376 g/mol. The van der Waals surface area contributed by atoms with E-state index in [4.69, 9.17) is 15.2 Å². The Morgan fingerprint density at radius 1 is 1.12 bits per heavy atom. The SMILES string of the molecule is Cc1ccc(N)cc1C(=O)NCC(C)(C)c1ccc2c(c1)OCCO2.Cl. The Bertz CT molecular complexity index is 806. The van der Waals surface area contributed by atoms with Crippen LogP contribution in [0.4, 0.5) is 5.69 Å². The minimum Gasteiger partial charge on any atom is -0.486 e. The molecule has 5 nitrogen and oxygen atoms in total. The van der Waals surface area contributed by atoms with E-state index in [0.717, 1.165) is 22.6 Å². The van der Waals surface area contributed by atoms with Crippen LogP contribution in [-0.2, 0) is 5.41 Å². The number of ether oxygens (including phenoxy) is 2. The van der Waals surface area contributed by atoms with E-state index in [1.54, 1.807) is 12.1 Å². The summed E-state index contributed by atoms with van der Waals surface area (Å²) in [5.74, 6) is 1.41. The van der Waals surface area contributed by atoms with Gasteiger partial charge >= 0.3 is 0 Å². The van der Waals surface area contributed by atoms with E-state index in [1.165, 1.54) is 0 Å². The summed E-state index contributed by atoms with van der Waals surface area (Å²) in [5.41, 5.74) is 8.73. The summed E-state index contributed by atoms with van der Waals surface area (Å²) in [6.07, 6.45) is 0. The molecule has 1 heterocycles. The van der Waals surface area contributed by atoms with Gasteiger partial charge in [0.2, 0.25) is 0 Å². The Kier molecular flexibility index (Phi) is 6.03. The highest BCUT2D eigenvalue weighted by Crippen LogP contribution is 2.35. The van der Waals surface area contributed by atoms with Crippen LogP contribution in [0, 0.1) is 6.92 Å². The molecule has 0 aliphatic carbocycles. The maximum absolute atomic E-state index is 12.5. The molecule has 0 atom stereocenters. The topological polar surface area (TPSA) is 73.6 Å². The number of rotatable bonds is 4. The number of nitrogens with two attached hydrogens (primary N) is 1. The molecule has 0 fully saturated rings. The number of nitrogens with one attached hydrogen (secondary N) is 1. The predicted molar refractivity (Wildman–Crippen MR) is 106 cm³/mol. The molecule has 0 saturated carbocycles. The average molecular weight is 377 g/mol. The van der Waals surface area contributed by atoms with Gasteiger partial charge in [-0.3, -0.25) is 4.79 Å². The van der Waals surface area contributed by atoms with Crippen molar-refractivity contribution in [2.24, 2.45) is 0 Å². The summed E-state index contributed by atoms with van der Waals surface area (Å²) in [7, 11) is 0. The van der Waals surface area contributed by atoms with Gasteiger partial charge in [0.05, 0.1) is 0 Å². The fraction of sp³-hybridized carbons (Fsp3) is 0.350. The molecule has 26 heavy (non-hydrogen) atoms. The van der Waals surface area contributed by atoms with Crippen LogP contribution in [0.5, 0.6) is 11.5 Å². The Morgan fingerprint density at radius 3 is 2.54 bits per heavy atom. The fourth-order valence-electron chi connectivity index (χ4n) is 2.85. The van der Waals surface area contributed by atoms with Gasteiger partial charge in [-0.1, -0.05) is 26.0 Å². The molecule has 0 radical (unpaired) electrons. The summed E-state index contributed by atoms with van der Waals surface area (Å²) < 4.78 is 11.2. The largest absolute Gasteiger partial charge is 0.486 e. The number of aryl methyl sites for hydroxylation is 1. The average Bonchev–Trinajstić information content (AvgIpc) is 2.61. The number of carbonyl (C=O) groups excluding carboxylic acids is 1. The lowest BCUT2D eigenvalue weighted by atomic mass is 9.84. The zero-order valence-corrected chi connectivity index (χ0v) is 16.1. The first kappa shape index (κ1) is 19.9. The van der Waals surface area contributed by atoms with E-state index >= 15 is 0 Å². The maximum Gasteiger partial charge on any atom is 0.251 e. The molecule has 1 aliphatic heterocycles.